The highest BCUT2D eigenvalue weighted by Crippen LogP contribution is 2.32. The van der Waals surface area contributed by atoms with Crippen LogP contribution >= 0.6 is 0 Å². The van der Waals surface area contributed by atoms with Gasteiger partial charge >= 0.3 is 5.97 Å². The van der Waals surface area contributed by atoms with E-state index >= 15 is 0 Å². The SMILES string of the molecule is COC(=O)c1ccc(-c2ccc(C(=O)N3CC(C)CO3)c3ccccc23)cc1. The van der Waals surface area contributed by atoms with Crippen molar-refractivity contribution < 1.29 is 19.2 Å². The van der Waals surface area contributed by atoms with Gasteiger partial charge in [0.15, 0.2) is 0 Å². The molecule has 1 unspecified atom stereocenters. The maximum atomic E-state index is 13.0. The topological polar surface area (TPSA) is 55.8 Å². The van der Waals surface area contributed by atoms with Gasteiger partial charge in [-0.1, -0.05) is 49.4 Å². The number of amides is 1. The summed E-state index contributed by atoms with van der Waals surface area (Å²) in [4.78, 5) is 30.2. The summed E-state index contributed by atoms with van der Waals surface area (Å²) in [6.45, 7) is 3.23. The Morgan fingerprint density at radius 3 is 2.36 bits per heavy atom. The second-order valence-corrected chi connectivity index (χ2v) is 7.04. The Balaban J connectivity index is 1.76. The third-order valence-electron chi connectivity index (χ3n) is 4.99. The predicted molar refractivity (Wildman–Crippen MR) is 107 cm³/mol. The van der Waals surface area contributed by atoms with Crippen LogP contribution in [-0.2, 0) is 9.57 Å². The zero-order chi connectivity index (χ0) is 19.7. The monoisotopic (exact) mass is 375 g/mol. The molecule has 3 aromatic rings. The molecule has 0 N–H and O–H groups in total. The molecule has 1 heterocycles. The highest BCUT2D eigenvalue weighted by atomic mass is 16.7. The van der Waals surface area contributed by atoms with E-state index in [0.29, 0.717) is 30.2 Å². The van der Waals surface area contributed by atoms with Gasteiger partial charge in [0.2, 0.25) is 0 Å². The van der Waals surface area contributed by atoms with Crippen molar-refractivity contribution in [2.45, 2.75) is 6.92 Å². The second kappa shape index (κ2) is 7.44. The normalized spacial score (nSPS) is 16.4. The van der Waals surface area contributed by atoms with Crippen molar-refractivity contribution in [3.63, 3.8) is 0 Å². The zero-order valence-corrected chi connectivity index (χ0v) is 15.8. The van der Waals surface area contributed by atoms with Crippen molar-refractivity contribution in [3.8, 4) is 11.1 Å². The van der Waals surface area contributed by atoms with Crippen molar-refractivity contribution in [1.82, 2.24) is 5.06 Å². The fourth-order valence-corrected chi connectivity index (χ4v) is 3.52. The lowest BCUT2D eigenvalue weighted by Crippen LogP contribution is -2.27. The molecule has 0 spiro atoms. The molecule has 142 valence electrons. The summed E-state index contributed by atoms with van der Waals surface area (Å²) in [5, 5.41) is 3.31. The molecule has 0 radical (unpaired) electrons. The Morgan fingerprint density at radius 2 is 1.71 bits per heavy atom. The number of carbonyl (C=O) groups is 2. The van der Waals surface area contributed by atoms with Crippen LogP contribution in [0.15, 0.2) is 60.7 Å². The number of carbonyl (C=O) groups excluding carboxylic acids is 2. The Bertz CT molecular complexity index is 1040. The van der Waals surface area contributed by atoms with Crippen molar-refractivity contribution in [2.75, 3.05) is 20.3 Å². The van der Waals surface area contributed by atoms with Crippen LogP contribution in [0.4, 0.5) is 0 Å². The number of rotatable bonds is 3. The smallest absolute Gasteiger partial charge is 0.337 e. The minimum absolute atomic E-state index is 0.117. The molecule has 5 nitrogen and oxygen atoms in total. The van der Waals surface area contributed by atoms with Gasteiger partial charge in [-0.2, -0.15) is 0 Å². The molecule has 3 aromatic carbocycles. The maximum absolute atomic E-state index is 13.0. The van der Waals surface area contributed by atoms with E-state index in [1.54, 1.807) is 12.1 Å². The summed E-state index contributed by atoms with van der Waals surface area (Å²) in [7, 11) is 1.37. The van der Waals surface area contributed by atoms with Gasteiger partial charge in [-0.15, -0.1) is 0 Å². The van der Waals surface area contributed by atoms with Crippen molar-refractivity contribution in [1.29, 1.82) is 0 Å². The Hall–Kier alpha value is -3.18. The van der Waals surface area contributed by atoms with E-state index in [4.69, 9.17) is 9.57 Å². The molecule has 1 amide bonds. The molecule has 1 saturated heterocycles. The van der Waals surface area contributed by atoms with Crippen LogP contribution in [0, 0.1) is 5.92 Å². The van der Waals surface area contributed by atoms with E-state index < -0.39 is 0 Å². The first-order valence-electron chi connectivity index (χ1n) is 9.23. The van der Waals surface area contributed by atoms with Crippen molar-refractivity contribution >= 4 is 22.6 Å². The van der Waals surface area contributed by atoms with Gasteiger partial charge < -0.3 is 4.74 Å². The molecule has 1 atom stereocenters. The van der Waals surface area contributed by atoms with E-state index in [1.165, 1.54) is 12.2 Å². The molecule has 1 aliphatic heterocycles. The van der Waals surface area contributed by atoms with E-state index in [-0.39, 0.29) is 11.9 Å². The zero-order valence-electron chi connectivity index (χ0n) is 15.8. The summed E-state index contributed by atoms with van der Waals surface area (Å²) in [6, 6.07) is 18.9. The van der Waals surface area contributed by atoms with E-state index in [1.807, 2.05) is 48.5 Å². The lowest BCUT2D eigenvalue weighted by atomic mass is 9.94. The standard InChI is InChI=1S/C23H21NO4/c1-15-13-24(28-14-15)22(25)21-12-11-18(19-5-3-4-6-20(19)21)16-7-9-17(10-8-16)23(26)27-2/h3-12,15H,13-14H2,1-2H3. The van der Waals surface area contributed by atoms with Crippen LogP contribution in [0.25, 0.3) is 21.9 Å². The molecular weight excluding hydrogens is 354 g/mol. The fraction of sp³-hybridized carbons (Fsp3) is 0.217. The van der Waals surface area contributed by atoms with E-state index in [0.717, 1.165) is 21.9 Å². The van der Waals surface area contributed by atoms with E-state index in [2.05, 4.69) is 6.92 Å². The largest absolute Gasteiger partial charge is 0.465 e. The first kappa shape index (κ1) is 18.2. The Morgan fingerprint density at radius 1 is 1.00 bits per heavy atom. The number of hydrogen-bond acceptors (Lipinski definition) is 4. The van der Waals surface area contributed by atoms with Crippen LogP contribution in [0.1, 0.15) is 27.6 Å². The molecule has 0 saturated carbocycles. The second-order valence-electron chi connectivity index (χ2n) is 7.04. The fourth-order valence-electron chi connectivity index (χ4n) is 3.52. The van der Waals surface area contributed by atoms with Crippen molar-refractivity contribution in [3.05, 3.63) is 71.8 Å². The number of nitrogens with zero attached hydrogens (tertiary/aromatic N) is 1. The molecule has 28 heavy (non-hydrogen) atoms. The number of benzene rings is 3. The van der Waals surface area contributed by atoms with Gasteiger partial charge in [0.05, 0.1) is 25.8 Å². The minimum Gasteiger partial charge on any atom is -0.465 e. The molecule has 5 heteroatoms. The highest BCUT2D eigenvalue weighted by Gasteiger charge is 2.27. The molecule has 1 fully saturated rings. The van der Waals surface area contributed by atoms with Crippen molar-refractivity contribution in [2.24, 2.45) is 5.92 Å². The number of esters is 1. The molecule has 0 aliphatic carbocycles. The van der Waals surface area contributed by atoms with Crippen LogP contribution in [0.2, 0.25) is 0 Å². The quantitative estimate of drug-likeness (QED) is 0.640. The van der Waals surface area contributed by atoms with Gasteiger partial charge in [-0.25, -0.2) is 9.86 Å². The van der Waals surface area contributed by atoms with Crippen LogP contribution < -0.4 is 0 Å². The summed E-state index contributed by atoms with van der Waals surface area (Å²) in [5.41, 5.74) is 3.09. The average molecular weight is 375 g/mol. The predicted octanol–water partition coefficient (Wildman–Crippen LogP) is 4.32. The van der Waals surface area contributed by atoms with Crippen LogP contribution in [-0.4, -0.2) is 37.2 Å². The lowest BCUT2D eigenvalue weighted by molar-refractivity contribution is -0.0771. The van der Waals surface area contributed by atoms with Gasteiger partial charge in [0, 0.05) is 11.5 Å². The number of fused-ring (bicyclic) bond motifs is 1. The molecular formula is C23H21NO4. The van der Waals surface area contributed by atoms with Crippen LogP contribution in [0.5, 0.6) is 0 Å². The van der Waals surface area contributed by atoms with Gasteiger partial charge in [-0.05, 0) is 40.1 Å². The number of hydroxylamine groups is 2. The molecule has 0 aromatic heterocycles. The molecule has 0 bridgehead atoms. The summed E-state index contributed by atoms with van der Waals surface area (Å²) >= 11 is 0. The van der Waals surface area contributed by atoms with Gasteiger partial charge in [0.1, 0.15) is 0 Å². The first-order chi connectivity index (χ1) is 13.6. The summed E-state index contributed by atoms with van der Waals surface area (Å²) in [6.07, 6.45) is 0. The third-order valence-corrected chi connectivity index (χ3v) is 4.99. The number of methoxy groups -OCH3 is 1. The summed E-state index contributed by atoms with van der Waals surface area (Å²) in [5.74, 6) is -0.145. The lowest BCUT2D eigenvalue weighted by Gasteiger charge is -2.17. The average Bonchev–Trinajstić information content (AvgIpc) is 3.18. The number of ether oxygens (including phenoxy) is 1. The summed E-state index contributed by atoms with van der Waals surface area (Å²) < 4.78 is 4.76. The first-order valence-corrected chi connectivity index (χ1v) is 9.23. The highest BCUT2D eigenvalue weighted by molar-refractivity contribution is 6.10. The minimum atomic E-state index is -0.364. The van der Waals surface area contributed by atoms with Gasteiger partial charge in [0.25, 0.3) is 5.91 Å². The molecule has 1 aliphatic rings. The number of hydrogen-bond donors (Lipinski definition) is 0. The maximum Gasteiger partial charge on any atom is 0.337 e. The Labute approximate surface area is 163 Å². The molecule has 4 rings (SSSR count). The van der Waals surface area contributed by atoms with Crippen LogP contribution in [0.3, 0.4) is 0 Å². The third kappa shape index (κ3) is 3.25. The Kier molecular flexibility index (Phi) is 4.84. The van der Waals surface area contributed by atoms with Gasteiger partial charge in [-0.3, -0.25) is 9.63 Å². The van der Waals surface area contributed by atoms with E-state index in [9.17, 15) is 9.59 Å².